The zero-order valence-electron chi connectivity index (χ0n) is 16.8. The van der Waals surface area contributed by atoms with Crippen LogP contribution < -0.4 is 0 Å². The van der Waals surface area contributed by atoms with Crippen LogP contribution in [0.5, 0.6) is 0 Å². The Morgan fingerprint density at radius 3 is 2.08 bits per heavy atom. The van der Waals surface area contributed by atoms with Crippen molar-refractivity contribution in [1.82, 2.24) is 0 Å². The fraction of sp³-hybridized carbons (Fsp3) is 0.917. The molecule has 0 nitrogen and oxygen atoms in total. The van der Waals surface area contributed by atoms with Gasteiger partial charge in [-0.25, -0.2) is 0 Å². The van der Waals surface area contributed by atoms with E-state index in [4.69, 9.17) is 0 Å². The molecule has 2 aliphatic rings. The highest BCUT2D eigenvalue weighted by molar-refractivity contribution is 4.93. The number of rotatable bonds is 10. The molecule has 2 unspecified atom stereocenters. The second-order valence-electron chi connectivity index (χ2n) is 8.89. The molecule has 0 spiro atoms. The molecule has 2 rings (SSSR count). The van der Waals surface area contributed by atoms with Crippen LogP contribution in [0.15, 0.2) is 12.2 Å². The summed E-state index contributed by atoms with van der Waals surface area (Å²) in [5, 5.41) is 0. The minimum Gasteiger partial charge on any atom is -0.0883 e. The van der Waals surface area contributed by atoms with Gasteiger partial charge in [0.05, 0.1) is 0 Å². The van der Waals surface area contributed by atoms with Gasteiger partial charge in [0.1, 0.15) is 0 Å². The highest BCUT2D eigenvalue weighted by Crippen LogP contribution is 2.37. The van der Waals surface area contributed by atoms with Crippen LogP contribution in [0.3, 0.4) is 0 Å². The van der Waals surface area contributed by atoms with Gasteiger partial charge in [0, 0.05) is 0 Å². The molecule has 2 atom stereocenters. The fourth-order valence-electron chi connectivity index (χ4n) is 5.34. The fourth-order valence-corrected chi connectivity index (χ4v) is 5.34. The van der Waals surface area contributed by atoms with Crippen LogP contribution in [-0.4, -0.2) is 0 Å². The molecule has 0 radical (unpaired) electrons. The monoisotopic (exact) mass is 332 g/mol. The summed E-state index contributed by atoms with van der Waals surface area (Å²) in [6.45, 7) is 4.64. The predicted octanol–water partition coefficient (Wildman–Crippen LogP) is 8.32. The molecule has 2 aliphatic carbocycles. The van der Waals surface area contributed by atoms with Gasteiger partial charge in [0.2, 0.25) is 0 Å². The van der Waals surface area contributed by atoms with Gasteiger partial charge in [-0.2, -0.15) is 0 Å². The molecule has 0 aromatic rings. The number of unbranched alkanes of at least 4 members (excludes halogenated alkanes) is 2. The Bertz CT molecular complexity index is 321. The molecule has 24 heavy (non-hydrogen) atoms. The minimum atomic E-state index is 0.912. The lowest BCUT2D eigenvalue weighted by atomic mass is 9.75. The van der Waals surface area contributed by atoms with Gasteiger partial charge < -0.3 is 0 Å². The lowest BCUT2D eigenvalue weighted by Gasteiger charge is -2.30. The van der Waals surface area contributed by atoms with E-state index in [1.807, 2.05) is 0 Å². The van der Waals surface area contributed by atoms with E-state index in [2.05, 4.69) is 26.0 Å². The summed E-state index contributed by atoms with van der Waals surface area (Å²) in [6.07, 6.45) is 28.6. The van der Waals surface area contributed by atoms with Crippen LogP contribution in [0.4, 0.5) is 0 Å². The summed E-state index contributed by atoms with van der Waals surface area (Å²) in [4.78, 5) is 0. The number of hydrogen-bond acceptors (Lipinski definition) is 0. The molecule has 2 fully saturated rings. The Hall–Kier alpha value is -0.260. The quantitative estimate of drug-likeness (QED) is 0.278. The summed E-state index contributed by atoms with van der Waals surface area (Å²) in [5.41, 5.74) is 0. The standard InChI is InChI=1S/C24H44/c1-3-5-6-13-23-15-9-10-16-24(23)14-8-7-12-22-19-17-21(11-4-2)18-20-22/h6,13,21-24H,3-5,7-12,14-20H2,1-2H3/b13-6+/t21-,22-,23?,24?. The summed E-state index contributed by atoms with van der Waals surface area (Å²) in [6, 6.07) is 0. The van der Waals surface area contributed by atoms with Crippen LogP contribution >= 0.6 is 0 Å². The van der Waals surface area contributed by atoms with Gasteiger partial charge in [-0.15, -0.1) is 0 Å². The minimum absolute atomic E-state index is 0.912. The normalized spacial score (nSPS) is 31.6. The van der Waals surface area contributed by atoms with Crippen LogP contribution in [0.1, 0.15) is 117 Å². The SMILES string of the molecule is CCC/C=C/C1CCCCC1CCCC[C@H]1CC[C@H](CCC)CC1. The maximum Gasteiger partial charge on any atom is -0.0205 e. The lowest BCUT2D eigenvalue weighted by molar-refractivity contribution is 0.235. The Morgan fingerprint density at radius 2 is 1.38 bits per heavy atom. The van der Waals surface area contributed by atoms with Crippen molar-refractivity contribution in [2.75, 3.05) is 0 Å². The topological polar surface area (TPSA) is 0 Å². The van der Waals surface area contributed by atoms with Gasteiger partial charge in [-0.1, -0.05) is 103 Å². The second kappa shape index (κ2) is 12.2. The van der Waals surface area contributed by atoms with Gasteiger partial charge in [-0.3, -0.25) is 0 Å². The lowest BCUT2D eigenvalue weighted by Crippen LogP contribution is -2.18. The zero-order valence-corrected chi connectivity index (χ0v) is 16.8. The molecular weight excluding hydrogens is 288 g/mol. The van der Waals surface area contributed by atoms with E-state index in [1.165, 1.54) is 103 Å². The smallest absolute Gasteiger partial charge is 0.0205 e. The van der Waals surface area contributed by atoms with Crippen LogP contribution in [0.2, 0.25) is 0 Å². The van der Waals surface area contributed by atoms with Gasteiger partial charge in [-0.05, 0) is 49.4 Å². The van der Waals surface area contributed by atoms with Crippen molar-refractivity contribution in [3.05, 3.63) is 12.2 Å². The first-order chi connectivity index (χ1) is 11.8. The Kier molecular flexibility index (Phi) is 10.2. The molecule has 0 amide bonds. The molecular formula is C24H44. The van der Waals surface area contributed by atoms with Crippen molar-refractivity contribution in [3.63, 3.8) is 0 Å². The first-order valence-corrected chi connectivity index (χ1v) is 11.5. The Morgan fingerprint density at radius 1 is 0.708 bits per heavy atom. The third-order valence-electron chi connectivity index (χ3n) is 6.91. The highest BCUT2D eigenvalue weighted by atomic mass is 14.3. The zero-order chi connectivity index (χ0) is 17.0. The summed E-state index contributed by atoms with van der Waals surface area (Å²) < 4.78 is 0. The largest absolute Gasteiger partial charge is 0.0883 e. The second-order valence-corrected chi connectivity index (χ2v) is 8.89. The molecule has 0 aromatic heterocycles. The third kappa shape index (κ3) is 7.32. The molecule has 0 heteroatoms. The van der Waals surface area contributed by atoms with E-state index >= 15 is 0 Å². The highest BCUT2D eigenvalue weighted by Gasteiger charge is 2.23. The van der Waals surface area contributed by atoms with Crippen molar-refractivity contribution in [2.24, 2.45) is 23.7 Å². The van der Waals surface area contributed by atoms with Crippen molar-refractivity contribution >= 4 is 0 Å². The van der Waals surface area contributed by atoms with Crippen molar-refractivity contribution in [3.8, 4) is 0 Å². The van der Waals surface area contributed by atoms with Crippen molar-refractivity contribution < 1.29 is 0 Å². The Balaban J connectivity index is 1.59. The van der Waals surface area contributed by atoms with Crippen LogP contribution in [-0.2, 0) is 0 Å². The van der Waals surface area contributed by atoms with Gasteiger partial charge in [0.25, 0.3) is 0 Å². The first kappa shape index (κ1) is 20.1. The van der Waals surface area contributed by atoms with Gasteiger partial charge >= 0.3 is 0 Å². The van der Waals surface area contributed by atoms with Gasteiger partial charge in [0.15, 0.2) is 0 Å². The average Bonchev–Trinajstić information content (AvgIpc) is 2.62. The van der Waals surface area contributed by atoms with E-state index in [-0.39, 0.29) is 0 Å². The molecule has 0 N–H and O–H groups in total. The summed E-state index contributed by atoms with van der Waals surface area (Å²) >= 11 is 0. The number of hydrogen-bond donors (Lipinski definition) is 0. The van der Waals surface area contributed by atoms with E-state index in [0.717, 1.165) is 23.7 Å². The maximum atomic E-state index is 2.59. The molecule has 0 saturated heterocycles. The summed E-state index contributed by atoms with van der Waals surface area (Å²) in [5.74, 6) is 4.07. The number of allylic oxidation sites excluding steroid dienone is 2. The van der Waals surface area contributed by atoms with E-state index in [0.29, 0.717) is 0 Å². The molecule has 140 valence electrons. The molecule has 0 aromatic carbocycles. The molecule has 0 aliphatic heterocycles. The van der Waals surface area contributed by atoms with Crippen molar-refractivity contribution in [2.45, 2.75) is 117 Å². The third-order valence-corrected chi connectivity index (χ3v) is 6.91. The summed E-state index contributed by atoms with van der Waals surface area (Å²) in [7, 11) is 0. The van der Waals surface area contributed by atoms with E-state index in [9.17, 15) is 0 Å². The molecule has 0 heterocycles. The molecule has 2 saturated carbocycles. The predicted molar refractivity (Wildman–Crippen MR) is 108 cm³/mol. The van der Waals surface area contributed by atoms with Crippen LogP contribution in [0, 0.1) is 23.7 Å². The maximum absolute atomic E-state index is 2.59. The Labute approximate surface area is 152 Å². The van der Waals surface area contributed by atoms with Crippen molar-refractivity contribution in [1.29, 1.82) is 0 Å². The average molecular weight is 333 g/mol. The molecule has 0 bridgehead atoms. The first-order valence-electron chi connectivity index (χ1n) is 11.5. The van der Waals surface area contributed by atoms with E-state index in [1.54, 1.807) is 0 Å². The van der Waals surface area contributed by atoms with E-state index < -0.39 is 0 Å². The van der Waals surface area contributed by atoms with Crippen LogP contribution in [0.25, 0.3) is 0 Å².